The Morgan fingerprint density at radius 3 is 3.17 bits per heavy atom. The quantitative estimate of drug-likeness (QED) is 0.533. The Balaban J connectivity index is 1.98. The number of carbonyl (C=O) groups is 1. The molecule has 2 bridgehead atoms. The fourth-order valence-electron chi connectivity index (χ4n) is 3.48. The molecular weight excluding hydrogens is 150 g/mol. The van der Waals surface area contributed by atoms with E-state index in [4.69, 9.17) is 0 Å². The molecule has 3 fully saturated rings. The number of carbonyl (C=O) groups excluding carboxylic acids is 1. The van der Waals surface area contributed by atoms with Crippen LogP contribution in [0.25, 0.3) is 0 Å². The van der Waals surface area contributed by atoms with Crippen LogP contribution in [0.5, 0.6) is 0 Å². The summed E-state index contributed by atoms with van der Waals surface area (Å²) in [4.78, 5) is 13.7. The van der Waals surface area contributed by atoms with Crippen molar-refractivity contribution >= 4 is 5.91 Å². The van der Waals surface area contributed by atoms with Crippen molar-refractivity contribution < 1.29 is 4.79 Å². The van der Waals surface area contributed by atoms with Gasteiger partial charge in [0.1, 0.15) is 0 Å². The van der Waals surface area contributed by atoms with Gasteiger partial charge in [0.05, 0.1) is 0 Å². The van der Waals surface area contributed by atoms with Gasteiger partial charge < -0.3 is 4.90 Å². The van der Waals surface area contributed by atoms with Crippen molar-refractivity contribution in [2.24, 2.45) is 5.92 Å². The highest BCUT2D eigenvalue weighted by atomic mass is 16.2. The Morgan fingerprint density at radius 1 is 1.33 bits per heavy atom. The molecule has 0 aromatic rings. The first-order valence-corrected chi connectivity index (χ1v) is 5.11. The number of hydrogen-bond acceptors (Lipinski definition) is 1. The first-order valence-electron chi connectivity index (χ1n) is 5.11. The molecule has 0 N–H and O–H groups in total. The molecule has 0 aromatic heterocycles. The molecular formula is C10H15NO. The highest BCUT2D eigenvalue weighted by Gasteiger charge is 2.52. The summed E-state index contributed by atoms with van der Waals surface area (Å²) >= 11 is 0. The lowest BCUT2D eigenvalue weighted by Gasteiger charge is -2.39. The Kier molecular flexibility index (Phi) is 1.18. The molecule has 2 saturated heterocycles. The van der Waals surface area contributed by atoms with Crippen molar-refractivity contribution in [2.45, 2.75) is 44.1 Å². The predicted octanol–water partition coefficient (Wildman–Crippen LogP) is 1.55. The van der Waals surface area contributed by atoms with E-state index in [1.807, 2.05) is 0 Å². The fourth-order valence-corrected chi connectivity index (χ4v) is 3.48. The number of fused-ring (bicyclic) bond motifs is 1. The van der Waals surface area contributed by atoms with Crippen LogP contribution >= 0.6 is 0 Å². The third-order valence-electron chi connectivity index (χ3n) is 4.13. The third kappa shape index (κ3) is 0.686. The Morgan fingerprint density at radius 2 is 2.25 bits per heavy atom. The predicted molar refractivity (Wildman–Crippen MR) is 45.6 cm³/mol. The van der Waals surface area contributed by atoms with Gasteiger partial charge in [-0.15, -0.1) is 0 Å². The molecule has 2 aliphatic heterocycles. The van der Waals surface area contributed by atoms with Gasteiger partial charge in [0.15, 0.2) is 0 Å². The summed E-state index contributed by atoms with van der Waals surface area (Å²) in [6.07, 6.45) is 7.24. The summed E-state index contributed by atoms with van der Waals surface area (Å²) in [5.41, 5.74) is 0.361. The second-order valence-electron chi connectivity index (χ2n) is 4.67. The summed E-state index contributed by atoms with van der Waals surface area (Å²) in [6, 6.07) is 0. The number of rotatable bonds is 0. The average molecular weight is 165 g/mol. The third-order valence-corrected chi connectivity index (χ3v) is 4.13. The van der Waals surface area contributed by atoms with Gasteiger partial charge in [-0.1, -0.05) is 0 Å². The molecule has 12 heavy (non-hydrogen) atoms. The lowest BCUT2D eigenvalue weighted by atomic mass is 9.88. The molecule has 2 nitrogen and oxygen atoms in total. The van der Waals surface area contributed by atoms with Gasteiger partial charge in [0.2, 0.25) is 5.91 Å². The first kappa shape index (κ1) is 6.93. The summed E-state index contributed by atoms with van der Waals surface area (Å²) < 4.78 is 0. The van der Waals surface area contributed by atoms with E-state index >= 15 is 0 Å². The molecule has 0 aromatic carbocycles. The van der Waals surface area contributed by atoms with Crippen LogP contribution in [0.1, 0.15) is 38.5 Å². The number of hydrogen-bond donors (Lipinski definition) is 0. The highest BCUT2D eigenvalue weighted by Crippen LogP contribution is 2.50. The Labute approximate surface area is 72.9 Å². The zero-order valence-corrected chi connectivity index (χ0v) is 7.38. The van der Waals surface area contributed by atoms with Crippen LogP contribution in [0, 0.1) is 5.92 Å². The van der Waals surface area contributed by atoms with Gasteiger partial charge in [-0.2, -0.15) is 0 Å². The van der Waals surface area contributed by atoms with Crippen molar-refractivity contribution in [2.75, 3.05) is 6.54 Å². The van der Waals surface area contributed by atoms with E-state index < -0.39 is 0 Å². The molecule has 1 aliphatic carbocycles. The minimum absolute atomic E-state index is 0.361. The van der Waals surface area contributed by atoms with Crippen LogP contribution in [0.2, 0.25) is 0 Å². The zero-order valence-electron chi connectivity index (χ0n) is 7.38. The summed E-state index contributed by atoms with van der Waals surface area (Å²) in [5.74, 6) is 1.38. The molecule has 2 atom stereocenters. The molecule has 1 spiro atoms. The van der Waals surface area contributed by atoms with Gasteiger partial charge in [-0.3, -0.25) is 4.79 Å². The molecule has 2 heteroatoms. The SMILES string of the molecule is O=C1CC[C@]23CC[C@H](CCN12)C3. The monoisotopic (exact) mass is 165 g/mol. The molecule has 1 saturated carbocycles. The molecule has 3 aliphatic rings. The van der Waals surface area contributed by atoms with Crippen LogP contribution < -0.4 is 0 Å². The number of piperidine rings is 1. The van der Waals surface area contributed by atoms with Crippen LogP contribution in [-0.2, 0) is 4.79 Å². The first-order chi connectivity index (χ1) is 5.80. The van der Waals surface area contributed by atoms with E-state index in [1.165, 1.54) is 25.7 Å². The van der Waals surface area contributed by atoms with Gasteiger partial charge in [-0.05, 0) is 38.0 Å². The maximum atomic E-state index is 11.5. The highest BCUT2D eigenvalue weighted by molar-refractivity contribution is 5.80. The molecule has 1 amide bonds. The largest absolute Gasteiger partial charge is 0.337 e. The number of nitrogens with zero attached hydrogens (tertiary/aromatic N) is 1. The second kappa shape index (κ2) is 2.04. The average Bonchev–Trinajstić information content (AvgIpc) is 2.57. The lowest BCUT2D eigenvalue weighted by Crippen LogP contribution is -2.47. The van der Waals surface area contributed by atoms with E-state index in [9.17, 15) is 4.79 Å². The van der Waals surface area contributed by atoms with E-state index in [-0.39, 0.29) is 0 Å². The van der Waals surface area contributed by atoms with E-state index in [1.54, 1.807) is 0 Å². The van der Waals surface area contributed by atoms with Crippen molar-refractivity contribution in [1.29, 1.82) is 0 Å². The summed E-state index contributed by atoms with van der Waals surface area (Å²) in [6.45, 7) is 1.06. The van der Waals surface area contributed by atoms with Crippen LogP contribution in [0.3, 0.4) is 0 Å². The standard InChI is InChI=1S/C10H15NO/c12-9-2-5-10-4-1-8(7-10)3-6-11(9)10/h8H,1-7H2/t8-,10+/m1/s1. The molecule has 66 valence electrons. The normalized spacial score (nSPS) is 45.2. The molecule has 0 radical (unpaired) electrons. The van der Waals surface area contributed by atoms with Crippen molar-refractivity contribution in [3.63, 3.8) is 0 Å². The van der Waals surface area contributed by atoms with E-state index in [2.05, 4.69) is 4.90 Å². The minimum Gasteiger partial charge on any atom is -0.337 e. The van der Waals surface area contributed by atoms with E-state index in [0.717, 1.165) is 25.3 Å². The van der Waals surface area contributed by atoms with Crippen molar-refractivity contribution in [3.8, 4) is 0 Å². The summed E-state index contributed by atoms with van der Waals surface area (Å²) in [5, 5.41) is 0. The van der Waals surface area contributed by atoms with Gasteiger partial charge >= 0.3 is 0 Å². The van der Waals surface area contributed by atoms with Crippen molar-refractivity contribution in [3.05, 3.63) is 0 Å². The maximum Gasteiger partial charge on any atom is 0.223 e. The van der Waals surface area contributed by atoms with Crippen LogP contribution in [0.4, 0.5) is 0 Å². The minimum atomic E-state index is 0.361. The van der Waals surface area contributed by atoms with E-state index in [0.29, 0.717) is 11.4 Å². The topological polar surface area (TPSA) is 20.3 Å². The lowest BCUT2D eigenvalue weighted by molar-refractivity contribution is -0.132. The second-order valence-corrected chi connectivity index (χ2v) is 4.67. The molecule has 3 rings (SSSR count). The van der Waals surface area contributed by atoms with Gasteiger partial charge in [0.25, 0.3) is 0 Å². The van der Waals surface area contributed by atoms with Gasteiger partial charge in [-0.25, -0.2) is 0 Å². The summed E-state index contributed by atoms with van der Waals surface area (Å²) in [7, 11) is 0. The van der Waals surface area contributed by atoms with Crippen LogP contribution in [-0.4, -0.2) is 22.9 Å². The number of amides is 1. The Hall–Kier alpha value is -0.530. The maximum absolute atomic E-state index is 11.5. The zero-order chi connectivity index (χ0) is 8.18. The van der Waals surface area contributed by atoms with Crippen LogP contribution in [0.15, 0.2) is 0 Å². The fraction of sp³-hybridized carbons (Fsp3) is 0.900. The smallest absolute Gasteiger partial charge is 0.223 e. The van der Waals surface area contributed by atoms with Gasteiger partial charge in [0, 0.05) is 18.5 Å². The van der Waals surface area contributed by atoms with Crippen molar-refractivity contribution in [1.82, 2.24) is 4.90 Å². The Bertz CT molecular complexity index is 238. The molecule has 2 heterocycles. The molecule has 0 unspecified atom stereocenters.